The van der Waals surface area contributed by atoms with Crippen LogP contribution < -0.4 is 4.52 Å². The SMILES string of the molecule is CCCCP(=O)(OCC)Oc1ccc(Cl)cc1. The summed E-state index contributed by atoms with van der Waals surface area (Å²) in [6, 6.07) is 6.79. The smallest absolute Gasteiger partial charge is 0.379 e. The zero-order valence-corrected chi connectivity index (χ0v) is 11.8. The van der Waals surface area contributed by atoms with E-state index in [2.05, 4.69) is 0 Å². The molecule has 17 heavy (non-hydrogen) atoms. The molecule has 3 nitrogen and oxygen atoms in total. The van der Waals surface area contributed by atoms with Gasteiger partial charge in [-0.25, -0.2) is 4.57 Å². The average molecular weight is 277 g/mol. The Morgan fingerprint density at radius 2 is 1.88 bits per heavy atom. The van der Waals surface area contributed by atoms with E-state index in [0.29, 0.717) is 23.5 Å². The van der Waals surface area contributed by atoms with Gasteiger partial charge in [0.15, 0.2) is 0 Å². The van der Waals surface area contributed by atoms with Crippen LogP contribution in [-0.2, 0) is 9.09 Å². The lowest BCUT2D eigenvalue weighted by molar-refractivity contribution is 0.278. The fourth-order valence-corrected chi connectivity index (χ4v) is 3.28. The first kappa shape index (κ1) is 14.6. The van der Waals surface area contributed by atoms with E-state index in [1.807, 2.05) is 13.8 Å². The summed E-state index contributed by atoms with van der Waals surface area (Å²) in [4.78, 5) is 0. The Kier molecular flexibility index (Phi) is 6.04. The fraction of sp³-hybridized carbons (Fsp3) is 0.500. The molecule has 0 heterocycles. The van der Waals surface area contributed by atoms with Crippen LogP contribution in [0.2, 0.25) is 5.02 Å². The topological polar surface area (TPSA) is 35.5 Å². The van der Waals surface area contributed by atoms with Crippen molar-refractivity contribution in [2.24, 2.45) is 0 Å². The van der Waals surface area contributed by atoms with Gasteiger partial charge in [-0.3, -0.25) is 0 Å². The molecule has 0 aliphatic heterocycles. The molecule has 1 atom stereocenters. The normalized spacial score (nSPS) is 14.3. The van der Waals surface area contributed by atoms with E-state index >= 15 is 0 Å². The third-order valence-electron chi connectivity index (χ3n) is 2.17. The number of hydrogen-bond donors (Lipinski definition) is 0. The maximum Gasteiger partial charge on any atom is 0.379 e. The second-order valence-corrected chi connectivity index (χ2v) is 6.20. The molecule has 1 unspecified atom stereocenters. The van der Waals surface area contributed by atoms with Crippen molar-refractivity contribution in [1.82, 2.24) is 0 Å². The van der Waals surface area contributed by atoms with E-state index in [1.165, 1.54) is 0 Å². The molecule has 0 bridgehead atoms. The fourth-order valence-electron chi connectivity index (χ4n) is 1.34. The molecule has 0 fully saturated rings. The van der Waals surface area contributed by atoms with Gasteiger partial charge in [0.05, 0.1) is 12.8 Å². The van der Waals surface area contributed by atoms with E-state index in [0.717, 1.165) is 12.8 Å². The van der Waals surface area contributed by atoms with Crippen LogP contribution in [0.5, 0.6) is 5.75 Å². The lowest BCUT2D eigenvalue weighted by atomic mass is 10.3. The molecule has 0 spiro atoms. The first-order chi connectivity index (χ1) is 8.09. The quantitative estimate of drug-likeness (QED) is 0.674. The summed E-state index contributed by atoms with van der Waals surface area (Å²) in [7, 11) is -3.02. The lowest BCUT2D eigenvalue weighted by Crippen LogP contribution is -2.02. The van der Waals surface area contributed by atoms with E-state index in [4.69, 9.17) is 20.6 Å². The van der Waals surface area contributed by atoms with Gasteiger partial charge in [0.2, 0.25) is 0 Å². The van der Waals surface area contributed by atoms with Crippen LogP contribution in [0.1, 0.15) is 26.7 Å². The van der Waals surface area contributed by atoms with Crippen molar-refractivity contribution in [3.05, 3.63) is 29.3 Å². The molecular weight excluding hydrogens is 259 g/mol. The Balaban J connectivity index is 2.71. The van der Waals surface area contributed by atoms with Crippen LogP contribution >= 0.6 is 19.2 Å². The van der Waals surface area contributed by atoms with Crippen molar-refractivity contribution >= 4 is 19.2 Å². The molecule has 96 valence electrons. The molecule has 0 saturated carbocycles. The second kappa shape index (κ2) is 7.05. The Morgan fingerprint density at radius 3 is 2.41 bits per heavy atom. The molecule has 0 aliphatic rings. The number of halogens is 1. The van der Waals surface area contributed by atoms with Crippen molar-refractivity contribution in [3.63, 3.8) is 0 Å². The van der Waals surface area contributed by atoms with Crippen LogP contribution in [0.25, 0.3) is 0 Å². The van der Waals surface area contributed by atoms with Crippen molar-refractivity contribution in [3.8, 4) is 5.75 Å². The van der Waals surface area contributed by atoms with Gasteiger partial charge in [-0.2, -0.15) is 0 Å². The van der Waals surface area contributed by atoms with E-state index < -0.39 is 7.60 Å². The van der Waals surface area contributed by atoms with Crippen LogP contribution in [0, 0.1) is 0 Å². The maximum atomic E-state index is 12.3. The molecule has 0 radical (unpaired) electrons. The molecule has 0 aromatic heterocycles. The first-order valence-corrected chi connectivity index (χ1v) is 7.89. The molecule has 0 aliphatic carbocycles. The number of hydrogen-bond acceptors (Lipinski definition) is 3. The second-order valence-electron chi connectivity index (χ2n) is 3.65. The summed E-state index contributed by atoms with van der Waals surface area (Å²) in [6.07, 6.45) is 2.23. The summed E-state index contributed by atoms with van der Waals surface area (Å²) in [5.41, 5.74) is 0. The molecule has 5 heteroatoms. The Hall–Kier alpha value is -0.500. The van der Waals surface area contributed by atoms with Crippen molar-refractivity contribution in [2.75, 3.05) is 12.8 Å². The summed E-state index contributed by atoms with van der Waals surface area (Å²) in [5, 5.41) is 0.622. The predicted molar refractivity (Wildman–Crippen MR) is 71.1 cm³/mol. The number of unbranched alkanes of at least 4 members (excludes halogenated alkanes) is 1. The van der Waals surface area contributed by atoms with Crippen LogP contribution in [0.15, 0.2) is 24.3 Å². The largest absolute Gasteiger partial charge is 0.424 e. The highest BCUT2D eigenvalue weighted by atomic mass is 35.5. The Morgan fingerprint density at radius 1 is 1.24 bits per heavy atom. The van der Waals surface area contributed by atoms with Gasteiger partial charge in [-0.05, 0) is 37.6 Å². The zero-order chi connectivity index (χ0) is 12.7. The molecular formula is C12H18ClO3P. The molecule has 0 N–H and O–H groups in total. The van der Waals surface area contributed by atoms with Crippen LogP contribution in [-0.4, -0.2) is 12.8 Å². The summed E-state index contributed by atoms with van der Waals surface area (Å²) < 4.78 is 23.1. The summed E-state index contributed by atoms with van der Waals surface area (Å²) >= 11 is 5.77. The predicted octanol–water partition coefficient (Wildman–Crippen LogP) is 4.75. The molecule has 0 amide bonds. The summed E-state index contributed by atoms with van der Waals surface area (Å²) in [6.45, 7) is 4.23. The van der Waals surface area contributed by atoms with Crippen LogP contribution in [0.3, 0.4) is 0 Å². The first-order valence-electron chi connectivity index (χ1n) is 5.78. The third kappa shape index (κ3) is 5.12. The highest BCUT2D eigenvalue weighted by Crippen LogP contribution is 2.49. The summed E-state index contributed by atoms with van der Waals surface area (Å²) in [5.74, 6) is 0.530. The Labute approximate surface area is 108 Å². The van der Waals surface area contributed by atoms with Gasteiger partial charge in [0, 0.05) is 5.02 Å². The standard InChI is InChI=1S/C12H18ClO3P/c1-3-5-10-17(14,15-4-2)16-12-8-6-11(13)7-9-12/h6-9H,3-5,10H2,1-2H3. The number of benzene rings is 1. The monoisotopic (exact) mass is 276 g/mol. The number of rotatable bonds is 7. The zero-order valence-electron chi connectivity index (χ0n) is 10.2. The van der Waals surface area contributed by atoms with Crippen molar-refractivity contribution in [1.29, 1.82) is 0 Å². The van der Waals surface area contributed by atoms with E-state index in [-0.39, 0.29) is 0 Å². The molecule has 1 aromatic rings. The van der Waals surface area contributed by atoms with Gasteiger partial charge >= 0.3 is 7.60 Å². The van der Waals surface area contributed by atoms with Crippen molar-refractivity contribution < 1.29 is 13.6 Å². The molecule has 1 aromatic carbocycles. The van der Waals surface area contributed by atoms with Gasteiger partial charge in [-0.15, -0.1) is 0 Å². The maximum absolute atomic E-state index is 12.3. The average Bonchev–Trinajstić information content (AvgIpc) is 2.30. The highest BCUT2D eigenvalue weighted by molar-refractivity contribution is 7.54. The van der Waals surface area contributed by atoms with Gasteiger partial charge in [0.1, 0.15) is 5.75 Å². The van der Waals surface area contributed by atoms with Gasteiger partial charge in [0.25, 0.3) is 0 Å². The molecule has 0 saturated heterocycles. The van der Waals surface area contributed by atoms with E-state index in [9.17, 15) is 4.57 Å². The minimum Gasteiger partial charge on any atom is -0.424 e. The van der Waals surface area contributed by atoms with Gasteiger partial charge in [-0.1, -0.05) is 24.9 Å². The van der Waals surface area contributed by atoms with Gasteiger partial charge < -0.3 is 9.05 Å². The Bertz CT molecular complexity index is 378. The van der Waals surface area contributed by atoms with E-state index in [1.54, 1.807) is 24.3 Å². The molecule has 1 rings (SSSR count). The highest BCUT2D eigenvalue weighted by Gasteiger charge is 2.24. The third-order valence-corrected chi connectivity index (χ3v) is 4.43. The minimum atomic E-state index is -3.02. The van der Waals surface area contributed by atoms with Crippen molar-refractivity contribution in [2.45, 2.75) is 26.7 Å². The van der Waals surface area contributed by atoms with Crippen LogP contribution in [0.4, 0.5) is 0 Å². The lowest BCUT2D eigenvalue weighted by Gasteiger charge is -2.18. The minimum absolute atomic E-state index is 0.384.